The van der Waals surface area contributed by atoms with E-state index < -0.39 is 0 Å². The van der Waals surface area contributed by atoms with Crippen molar-refractivity contribution in [3.63, 3.8) is 0 Å². The fraction of sp³-hybridized carbons (Fsp3) is 0.421. The average molecular weight is 278 g/mol. The maximum absolute atomic E-state index is 4.65. The lowest BCUT2D eigenvalue weighted by Gasteiger charge is -2.34. The van der Waals surface area contributed by atoms with Crippen LogP contribution in [-0.4, -0.2) is 9.78 Å². The number of rotatable bonds is 1. The van der Waals surface area contributed by atoms with Crippen LogP contribution < -0.4 is 0 Å². The van der Waals surface area contributed by atoms with Crippen LogP contribution in [0.2, 0.25) is 0 Å². The maximum Gasteiger partial charge on any atom is 0.0700 e. The van der Waals surface area contributed by atoms with E-state index in [-0.39, 0.29) is 0 Å². The lowest BCUT2D eigenvalue weighted by molar-refractivity contribution is 0.294. The molecule has 108 valence electrons. The van der Waals surface area contributed by atoms with Crippen LogP contribution in [-0.2, 0) is 6.42 Å². The van der Waals surface area contributed by atoms with E-state index in [1.54, 1.807) is 5.57 Å². The molecule has 0 N–H and O–H groups in total. The standard InChI is InChI=1S/C19H22N2/c1-13-4-8-17(9-5-13)21-18-10-16-7-6-14(2)19(16,3)11-15(18)12-20-21/h4-5,8-10,12,14H,6-7,11H2,1-3H3/t14-,19+/m0/s1. The summed E-state index contributed by atoms with van der Waals surface area (Å²) in [5.74, 6) is 0.777. The molecule has 0 unspecified atom stereocenters. The molecule has 21 heavy (non-hydrogen) atoms. The lowest BCUT2D eigenvalue weighted by Crippen LogP contribution is -2.27. The summed E-state index contributed by atoms with van der Waals surface area (Å²) in [6, 6.07) is 8.63. The Morgan fingerprint density at radius 3 is 2.76 bits per heavy atom. The SMILES string of the molecule is Cc1ccc(-n2ncc3c2C=C2CC[C@H](C)[C@@]2(C)C3)cc1. The summed E-state index contributed by atoms with van der Waals surface area (Å²) in [6.45, 7) is 6.95. The number of benzene rings is 1. The zero-order valence-corrected chi connectivity index (χ0v) is 13.1. The molecule has 2 aliphatic carbocycles. The smallest absolute Gasteiger partial charge is 0.0700 e. The highest BCUT2D eigenvalue weighted by atomic mass is 15.3. The molecule has 2 aromatic rings. The van der Waals surface area contributed by atoms with Crippen molar-refractivity contribution >= 4 is 6.08 Å². The number of aryl methyl sites for hydroxylation is 1. The van der Waals surface area contributed by atoms with E-state index in [9.17, 15) is 0 Å². The summed E-state index contributed by atoms with van der Waals surface area (Å²) in [5.41, 5.74) is 7.12. The van der Waals surface area contributed by atoms with Gasteiger partial charge < -0.3 is 0 Å². The topological polar surface area (TPSA) is 17.8 Å². The van der Waals surface area contributed by atoms with Gasteiger partial charge in [0, 0.05) is 0 Å². The van der Waals surface area contributed by atoms with E-state index >= 15 is 0 Å². The summed E-state index contributed by atoms with van der Waals surface area (Å²) in [6.07, 6.45) is 8.19. The number of nitrogens with zero attached hydrogens (tertiary/aromatic N) is 2. The first-order valence-electron chi connectivity index (χ1n) is 7.93. The van der Waals surface area contributed by atoms with E-state index in [0.717, 1.165) is 18.0 Å². The summed E-state index contributed by atoms with van der Waals surface area (Å²) < 4.78 is 2.10. The lowest BCUT2D eigenvalue weighted by atomic mass is 9.70. The molecule has 4 rings (SSSR count). The molecular formula is C19H22N2. The summed E-state index contributed by atoms with van der Waals surface area (Å²) in [7, 11) is 0. The Bertz CT molecular complexity index is 721. The van der Waals surface area contributed by atoms with E-state index in [0.29, 0.717) is 5.41 Å². The van der Waals surface area contributed by atoms with Gasteiger partial charge in [-0.1, -0.05) is 37.1 Å². The van der Waals surface area contributed by atoms with Gasteiger partial charge in [-0.05, 0) is 61.3 Å². The van der Waals surface area contributed by atoms with Crippen molar-refractivity contribution in [1.29, 1.82) is 0 Å². The minimum absolute atomic E-state index is 0.355. The van der Waals surface area contributed by atoms with Crippen LogP contribution in [0.1, 0.15) is 43.5 Å². The Balaban J connectivity index is 1.82. The highest BCUT2D eigenvalue weighted by molar-refractivity contribution is 5.61. The molecule has 1 fully saturated rings. The zero-order valence-electron chi connectivity index (χ0n) is 13.1. The number of hydrogen-bond acceptors (Lipinski definition) is 1. The third-order valence-electron chi connectivity index (χ3n) is 5.70. The number of aromatic nitrogens is 2. The Hall–Kier alpha value is -1.83. The monoisotopic (exact) mass is 278 g/mol. The molecule has 0 bridgehead atoms. The number of hydrogen-bond donors (Lipinski definition) is 0. The molecule has 2 nitrogen and oxygen atoms in total. The normalized spacial score (nSPS) is 27.2. The second kappa shape index (κ2) is 4.33. The molecule has 2 aliphatic rings. The zero-order chi connectivity index (χ0) is 14.6. The van der Waals surface area contributed by atoms with Crippen molar-refractivity contribution in [1.82, 2.24) is 9.78 Å². The first-order valence-corrected chi connectivity index (χ1v) is 7.93. The molecule has 0 radical (unpaired) electrons. The molecular weight excluding hydrogens is 256 g/mol. The van der Waals surface area contributed by atoms with Crippen LogP contribution in [0.15, 0.2) is 36.0 Å². The van der Waals surface area contributed by atoms with Gasteiger partial charge in [0.05, 0.1) is 17.6 Å². The second-order valence-electron chi connectivity index (χ2n) is 7.01. The van der Waals surface area contributed by atoms with Gasteiger partial charge in [-0.25, -0.2) is 4.68 Å². The molecule has 0 spiro atoms. The van der Waals surface area contributed by atoms with Crippen LogP contribution in [0.5, 0.6) is 0 Å². The van der Waals surface area contributed by atoms with Crippen LogP contribution in [0.4, 0.5) is 0 Å². The van der Waals surface area contributed by atoms with Crippen LogP contribution in [0.25, 0.3) is 11.8 Å². The summed E-state index contributed by atoms with van der Waals surface area (Å²) in [4.78, 5) is 0. The summed E-state index contributed by atoms with van der Waals surface area (Å²) >= 11 is 0. The fourth-order valence-corrected chi connectivity index (χ4v) is 3.95. The summed E-state index contributed by atoms with van der Waals surface area (Å²) in [5, 5.41) is 4.65. The van der Waals surface area contributed by atoms with Gasteiger partial charge in [-0.2, -0.15) is 5.10 Å². The van der Waals surface area contributed by atoms with E-state index in [1.165, 1.54) is 29.7 Å². The third-order valence-corrected chi connectivity index (χ3v) is 5.70. The second-order valence-corrected chi connectivity index (χ2v) is 7.01. The Morgan fingerprint density at radius 1 is 1.24 bits per heavy atom. The highest BCUT2D eigenvalue weighted by Crippen LogP contribution is 2.52. The van der Waals surface area contributed by atoms with Crippen molar-refractivity contribution in [2.75, 3.05) is 0 Å². The van der Waals surface area contributed by atoms with Crippen LogP contribution in [0.3, 0.4) is 0 Å². The maximum atomic E-state index is 4.65. The van der Waals surface area contributed by atoms with Gasteiger partial charge in [0.25, 0.3) is 0 Å². The number of fused-ring (bicyclic) bond motifs is 2. The van der Waals surface area contributed by atoms with Crippen molar-refractivity contribution in [3.8, 4) is 5.69 Å². The first kappa shape index (κ1) is 12.9. The third kappa shape index (κ3) is 1.81. The molecule has 1 aromatic heterocycles. The van der Waals surface area contributed by atoms with Crippen molar-refractivity contribution in [3.05, 3.63) is 52.9 Å². The predicted octanol–water partition coefficient (Wildman–Crippen LogP) is 4.56. The van der Waals surface area contributed by atoms with Gasteiger partial charge in [0.1, 0.15) is 0 Å². The van der Waals surface area contributed by atoms with E-state index in [1.807, 2.05) is 0 Å². The molecule has 0 saturated heterocycles. The minimum Gasteiger partial charge on any atom is -0.233 e. The quantitative estimate of drug-likeness (QED) is 0.748. The molecule has 1 aromatic carbocycles. The molecule has 0 aliphatic heterocycles. The highest BCUT2D eigenvalue weighted by Gasteiger charge is 2.43. The minimum atomic E-state index is 0.355. The Kier molecular flexibility index (Phi) is 2.66. The van der Waals surface area contributed by atoms with Gasteiger partial charge in [0.2, 0.25) is 0 Å². The van der Waals surface area contributed by atoms with Crippen LogP contribution >= 0.6 is 0 Å². The fourth-order valence-electron chi connectivity index (χ4n) is 3.95. The molecule has 1 saturated carbocycles. The van der Waals surface area contributed by atoms with E-state index in [4.69, 9.17) is 0 Å². The Morgan fingerprint density at radius 2 is 2.00 bits per heavy atom. The van der Waals surface area contributed by atoms with Crippen molar-refractivity contribution in [2.24, 2.45) is 11.3 Å². The van der Waals surface area contributed by atoms with E-state index in [2.05, 4.69) is 67.1 Å². The van der Waals surface area contributed by atoms with Gasteiger partial charge >= 0.3 is 0 Å². The number of allylic oxidation sites excluding steroid dienone is 1. The van der Waals surface area contributed by atoms with Crippen molar-refractivity contribution in [2.45, 2.75) is 40.0 Å². The first-order chi connectivity index (χ1) is 10.1. The predicted molar refractivity (Wildman–Crippen MR) is 86.5 cm³/mol. The largest absolute Gasteiger partial charge is 0.233 e. The van der Waals surface area contributed by atoms with Crippen LogP contribution in [0, 0.1) is 18.3 Å². The molecule has 1 heterocycles. The van der Waals surface area contributed by atoms with Gasteiger partial charge in [0.15, 0.2) is 0 Å². The average Bonchev–Trinajstić information content (AvgIpc) is 2.99. The van der Waals surface area contributed by atoms with Crippen molar-refractivity contribution < 1.29 is 0 Å². The van der Waals surface area contributed by atoms with Gasteiger partial charge in [-0.3, -0.25) is 0 Å². The Labute approximate surface area is 126 Å². The molecule has 2 atom stereocenters. The molecule has 2 heteroatoms. The van der Waals surface area contributed by atoms with Gasteiger partial charge in [-0.15, -0.1) is 0 Å². The molecule has 0 amide bonds.